The third-order valence-corrected chi connectivity index (χ3v) is 4.39. The fourth-order valence-electron chi connectivity index (χ4n) is 1.83. The van der Waals surface area contributed by atoms with Gasteiger partial charge in [-0.2, -0.15) is 4.98 Å². The molecule has 0 aliphatic rings. The molecule has 3 nitrogen and oxygen atoms in total. The van der Waals surface area contributed by atoms with E-state index < -0.39 is 5.69 Å². The highest BCUT2D eigenvalue weighted by Gasteiger charge is 2.08. The van der Waals surface area contributed by atoms with Crippen LogP contribution in [-0.4, -0.2) is 9.97 Å². The predicted molar refractivity (Wildman–Crippen MR) is 83.6 cm³/mol. The van der Waals surface area contributed by atoms with Gasteiger partial charge in [0.25, 0.3) is 0 Å². The van der Waals surface area contributed by atoms with Gasteiger partial charge in [0.2, 0.25) is 0 Å². The Morgan fingerprint density at radius 1 is 1.10 bits per heavy atom. The second-order valence-corrected chi connectivity index (χ2v) is 5.85. The Balaban J connectivity index is 2.14. The van der Waals surface area contributed by atoms with Crippen LogP contribution in [0.2, 0.25) is 10.0 Å². The molecule has 0 radical (unpaired) electrons. The van der Waals surface area contributed by atoms with Crippen LogP contribution in [0.3, 0.4) is 0 Å². The van der Waals surface area contributed by atoms with Gasteiger partial charge in [0.1, 0.15) is 0 Å². The molecule has 3 rings (SSSR count). The molecule has 2 aromatic heterocycles. The molecule has 0 unspecified atom stereocenters. The smallest absolute Gasteiger partial charge is 0.305 e. The van der Waals surface area contributed by atoms with Crippen LogP contribution in [0.15, 0.2) is 46.6 Å². The molecule has 0 spiro atoms. The first-order valence-electron chi connectivity index (χ1n) is 5.74. The molecule has 0 aliphatic carbocycles. The lowest BCUT2D eigenvalue weighted by molar-refractivity contribution is 1.09. The number of halogens is 2. The number of rotatable bonds is 2. The lowest BCUT2D eigenvalue weighted by Gasteiger charge is -2.04. The van der Waals surface area contributed by atoms with Gasteiger partial charge in [0.15, 0.2) is 0 Å². The number of hydrogen-bond acceptors (Lipinski definition) is 3. The first-order valence-corrected chi connectivity index (χ1v) is 7.38. The molecule has 20 heavy (non-hydrogen) atoms. The number of aromatic amines is 1. The fraction of sp³-hybridized carbons (Fsp3) is 0. The van der Waals surface area contributed by atoms with Crippen molar-refractivity contribution >= 4 is 34.5 Å². The zero-order valence-electron chi connectivity index (χ0n) is 10.1. The van der Waals surface area contributed by atoms with E-state index >= 15 is 0 Å². The van der Waals surface area contributed by atoms with Crippen molar-refractivity contribution < 1.29 is 0 Å². The van der Waals surface area contributed by atoms with Crippen molar-refractivity contribution in [2.45, 2.75) is 0 Å². The average Bonchev–Trinajstić information content (AvgIpc) is 2.95. The zero-order valence-corrected chi connectivity index (χ0v) is 12.4. The van der Waals surface area contributed by atoms with Gasteiger partial charge in [-0.25, -0.2) is 4.79 Å². The molecule has 6 heteroatoms. The zero-order chi connectivity index (χ0) is 14.1. The highest BCUT2D eigenvalue weighted by Crippen LogP contribution is 2.29. The summed E-state index contributed by atoms with van der Waals surface area (Å²) in [6, 6.07) is 10.9. The van der Waals surface area contributed by atoms with Gasteiger partial charge in [0.05, 0.1) is 26.3 Å². The summed E-state index contributed by atoms with van der Waals surface area (Å²) in [7, 11) is 0. The summed E-state index contributed by atoms with van der Waals surface area (Å²) in [5, 5.41) is 2.86. The van der Waals surface area contributed by atoms with Crippen LogP contribution in [0.4, 0.5) is 0 Å². The van der Waals surface area contributed by atoms with Gasteiger partial charge < -0.3 is 4.98 Å². The van der Waals surface area contributed by atoms with Gasteiger partial charge >= 0.3 is 5.69 Å². The van der Waals surface area contributed by atoms with Crippen LogP contribution >= 0.6 is 34.5 Å². The lowest BCUT2D eigenvalue weighted by atomic mass is 10.1. The van der Waals surface area contributed by atoms with Gasteiger partial charge in [0, 0.05) is 5.56 Å². The summed E-state index contributed by atoms with van der Waals surface area (Å²) in [4.78, 5) is 19.4. The number of H-pyrrole nitrogens is 1. The average molecular weight is 323 g/mol. The number of nitrogens with one attached hydrogen (secondary N) is 1. The monoisotopic (exact) mass is 322 g/mol. The molecule has 3 aromatic rings. The molecular formula is C14H8Cl2N2OS. The van der Waals surface area contributed by atoms with Crippen LogP contribution in [0.1, 0.15) is 0 Å². The minimum atomic E-state index is -0.392. The van der Waals surface area contributed by atoms with E-state index in [-0.39, 0.29) is 0 Å². The first-order chi connectivity index (χ1) is 9.63. The third kappa shape index (κ3) is 2.63. The van der Waals surface area contributed by atoms with Gasteiger partial charge in [-0.3, -0.25) is 0 Å². The van der Waals surface area contributed by atoms with E-state index in [9.17, 15) is 4.79 Å². The SMILES string of the molecule is O=c1nc(-c2ccc(Cl)c(Cl)c2)cc(-c2cccs2)[nH]1. The summed E-state index contributed by atoms with van der Waals surface area (Å²) < 4.78 is 0. The highest BCUT2D eigenvalue weighted by molar-refractivity contribution is 7.13. The summed E-state index contributed by atoms with van der Waals surface area (Å²) in [5.41, 5.74) is 1.66. The third-order valence-electron chi connectivity index (χ3n) is 2.75. The Morgan fingerprint density at radius 3 is 2.65 bits per heavy atom. The predicted octanol–water partition coefficient (Wildman–Crippen LogP) is 4.47. The number of hydrogen-bond donors (Lipinski definition) is 1. The Bertz CT molecular complexity index is 812. The van der Waals surface area contributed by atoms with E-state index in [0.717, 1.165) is 16.1 Å². The maximum absolute atomic E-state index is 11.7. The summed E-state index contributed by atoms with van der Waals surface area (Å²) >= 11 is 13.4. The maximum atomic E-state index is 11.7. The van der Waals surface area contributed by atoms with E-state index in [4.69, 9.17) is 23.2 Å². The van der Waals surface area contributed by atoms with E-state index in [2.05, 4.69) is 9.97 Å². The van der Waals surface area contributed by atoms with Crippen molar-refractivity contribution in [2.75, 3.05) is 0 Å². The van der Waals surface area contributed by atoms with Crippen LogP contribution in [-0.2, 0) is 0 Å². The van der Waals surface area contributed by atoms with Crippen LogP contribution < -0.4 is 5.69 Å². The second kappa shape index (κ2) is 5.40. The normalized spacial score (nSPS) is 10.7. The molecule has 100 valence electrons. The number of thiophene rings is 1. The first kappa shape index (κ1) is 13.4. The minimum absolute atomic E-state index is 0.392. The molecule has 0 saturated heterocycles. The van der Waals surface area contributed by atoms with E-state index in [0.29, 0.717) is 15.7 Å². The summed E-state index contributed by atoms with van der Waals surface area (Å²) in [6.45, 7) is 0. The standard InChI is InChI=1S/C14H8Cl2N2OS/c15-9-4-3-8(6-10(9)16)11-7-12(18-14(19)17-11)13-2-1-5-20-13/h1-7H,(H,17,18,19). The van der Waals surface area contributed by atoms with E-state index in [1.54, 1.807) is 29.5 Å². The molecule has 0 amide bonds. The molecule has 0 fully saturated rings. The van der Waals surface area contributed by atoms with Crippen molar-refractivity contribution in [3.63, 3.8) is 0 Å². The molecule has 2 heterocycles. The van der Waals surface area contributed by atoms with Gasteiger partial charge in [-0.15, -0.1) is 11.3 Å². The van der Waals surface area contributed by atoms with Crippen LogP contribution in [0, 0.1) is 0 Å². The van der Waals surface area contributed by atoms with Crippen molar-refractivity contribution in [3.05, 3.63) is 62.3 Å². The second-order valence-electron chi connectivity index (χ2n) is 4.09. The van der Waals surface area contributed by atoms with E-state index in [1.807, 2.05) is 23.6 Å². The largest absolute Gasteiger partial charge is 0.345 e. The van der Waals surface area contributed by atoms with E-state index in [1.165, 1.54) is 0 Å². The summed E-state index contributed by atoms with van der Waals surface area (Å²) in [6.07, 6.45) is 0. The number of nitrogens with zero attached hydrogens (tertiary/aromatic N) is 1. The molecule has 0 atom stereocenters. The molecular weight excluding hydrogens is 315 g/mol. The molecule has 0 bridgehead atoms. The maximum Gasteiger partial charge on any atom is 0.345 e. The van der Waals surface area contributed by atoms with Gasteiger partial charge in [-0.1, -0.05) is 35.3 Å². The van der Waals surface area contributed by atoms with Gasteiger partial charge in [-0.05, 0) is 29.6 Å². The van der Waals surface area contributed by atoms with Crippen LogP contribution in [0.25, 0.3) is 21.8 Å². The van der Waals surface area contributed by atoms with Crippen molar-refractivity contribution in [2.24, 2.45) is 0 Å². The molecule has 1 N–H and O–H groups in total. The Labute approximate surface area is 128 Å². The Hall–Kier alpha value is -1.62. The minimum Gasteiger partial charge on any atom is -0.305 e. The fourth-order valence-corrected chi connectivity index (χ4v) is 2.82. The van der Waals surface area contributed by atoms with Crippen molar-refractivity contribution in [3.8, 4) is 21.8 Å². The number of aromatic nitrogens is 2. The summed E-state index contributed by atoms with van der Waals surface area (Å²) in [5.74, 6) is 0. The van der Waals surface area contributed by atoms with Crippen molar-refractivity contribution in [1.82, 2.24) is 9.97 Å². The lowest BCUT2D eigenvalue weighted by Crippen LogP contribution is -2.11. The highest BCUT2D eigenvalue weighted by atomic mass is 35.5. The molecule has 0 aliphatic heterocycles. The quantitative estimate of drug-likeness (QED) is 0.756. The Morgan fingerprint density at radius 2 is 1.95 bits per heavy atom. The molecule has 0 saturated carbocycles. The topological polar surface area (TPSA) is 45.8 Å². The Kier molecular flexibility index (Phi) is 3.61. The number of benzene rings is 1. The molecule has 1 aromatic carbocycles. The van der Waals surface area contributed by atoms with Crippen LogP contribution in [0.5, 0.6) is 0 Å². The van der Waals surface area contributed by atoms with Crippen molar-refractivity contribution in [1.29, 1.82) is 0 Å².